The molecule has 0 saturated carbocycles. The first-order valence-corrected chi connectivity index (χ1v) is 11.5. The average molecular weight is 390 g/mol. The Hall–Kier alpha value is -1.56. The fraction of sp³-hybridized carbons (Fsp3) is 0.714. The number of fused-ring (bicyclic) bond motifs is 1. The summed E-state index contributed by atoms with van der Waals surface area (Å²) in [6.45, 7) is 4.40. The molecular weight excluding hydrogens is 358 g/mol. The number of urea groups is 1. The van der Waals surface area contributed by atoms with Crippen molar-refractivity contribution in [3.05, 3.63) is 21.4 Å². The maximum absolute atomic E-state index is 13.0. The molecule has 0 atom stereocenters. The molecule has 0 radical (unpaired) electrons. The van der Waals surface area contributed by atoms with Crippen LogP contribution in [0.3, 0.4) is 0 Å². The van der Waals surface area contributed by atoms with Crippen LogP contribution in [-0.2, 0) is 12.8 Å². The summed E-state index contributed by atoms with van der Waals surface area (Å²) in [6.07, 6.45) is 10.8. The molecular formula is C21H31N3O2S. The van der Waals surface area contributed by atoms with Crippen molar-refractivity contribution in [3.8, 4) is 0 Å². The summed E-state index contributed by atoms with van der Waals surface area (Å²) in [4.78, 5) is 33.8. The summed E-state index contributed by atoms with van der Waals surface area (Å²) in [5, 5.41) is 0. The molecule has 148 valence electrons. The van der Waals surface area contributed by atoms with Crippen LogP contribution in [-0.4, -0.2) is 65.9 Å². The van der Waals surface area contributed by atoms with Gasteiger partial charge in [-0.25, -0.2) is 4.79 Å². The van der Waals surface area contributed by atoms with E-state index in [9.17, 15) is 9.59 Å². The van der Waals surface area contributed by atoms with E-state index in [0.717, 1.165) is 43.6 Å². The number of likely N-dealkylation sites (tertiary alicyclic amines) is 1. The molecule has 5 nitrogen and oxygen atoms in total. The normalized spacial score (nSPS) is 21.4. The van der Waals surface area contributed by atoms with Gasteiger partial charge in [-0.1, -0.05) is 12.8 Å². The van der Waals surface area contributed by atoms with E-state index < -0.39 is 0 Å². The van der Waals surface area contributed by atoms with Crippen LogP contribution in [0, 0.1) is 0 Å². The quantitative estimate of drug-likeness (QED) is 0.734. The third-order valence-corrected chi connectivity index (χ3v) is 7.40. The van der Waals surface area contributed by atoms with Crippen molar-refractivity contribution < 1.29 is 9.59 Å². The van der Waals surface area contributed by atoms with Crippen molar-refractivity contribution in [1.82, 2.24) is 14.7 Å². The Bertz CT molecular complexity index is 647. The van der Waals surface area contributed by atoms with Crippen LogP contribution in [0.1, 0.15) is 65.1 Å². The van der Waals surface area contributed by atoms with Crippen LogP contribution >= 0.6 is 11.3 Å². The van der Waals surface area contributed by atoms with Crippen LogP contribution < -0.4 is 0 Å². The van der Waals surface area contributed by atoms with Crippen molar-refractivity contribution in [2.75, 3.05) is 39.3 Å². The number of nitrogens with zero attached hydrogens (tertiary/aromatic N) is 3. The Balaban J connectivity index is 1.34. The zero-order valence-corrected chi connectivity index (χ0v) is 17.1. The first kappa shape index (κ1) is 18.8. The summed E-state index contributed by atoms with van der Waals surface area (Å²) in [5.74, 6) is 0.164. The van der Waals surface area contributed by atoms with Crippen molar-refractivity contribution in [1.29, 1.82) is 0 Å². The molecule has 0 unspecified atom stereocenters. The Labute approximate surface area is 166 Å². The molecule has 2 saturated heterocycles. The van der Waals surface area contributed by atoms with Gasteiger partial charge in [-0.3, -0.25) is 4.79 Å². The number of thiophene rings is 1. The summed E-state index contributed by atoms with van der Waals surface area (Å²) in [5.41, 5.74) is 1.40. The van der Waals surface area contributed by atoms with E-state index in [1.807, 2.05) is 14.7 Å². The first-order valence-electron chi connectivity index (χ1n) is 10.7. The molecule has 0 bridgehead atoms. The average Bonchev–Trinajstić information content (AvgIpc) is 3.09. The van der Waals surface area contributed by atoms with E-state index in [2.05, 4.69) is 6.07 Å². The Kier molecular flexibility index (Phi) is 6.01. The van der Waals surface area contributed by atoms with Gasteiger partial charge < -0.3 is 14.7 Å². The zero-order chi connectivity index (χ0) is 18.6. The van der Waals surface area contributed by atoms with E-state index >= 15 is 0 Å². The van der Waals surface area contributed by atoms with Crippen LogP contribution in [0.2, 0.25) is 0 Å². The van der Waals surface area contributed by atoms with Crippen LogP contribution in [0.25, 0.3) is 0 Å². The van der Waals surface area contributed by atoms with E-state index in [4.69, 9.17) is 0 Å². The third kappa shape index (κ3) is 4.31. The molecule has 1 aromatic rings. The molecule has 2 fully saturated rings. The highest BCUT2D eigenvalue weighted by Crippen LogP contribution is 2.29. The van der Waals surface area contributed by atoms with Gasteiger partial charge in [0.15, 0.2) is 0 Å². The summed E-state index contributed by atoms with van der Waals surface area (Å²) in [7, 11) is 0. The van der Waals surface area contributed by atoms with Crippen molar-refractivity contribution in [3.63, 3.8) is 0 Å². The van der Waals surface area contributed by atoms with Gasteiger partial charge in [-0.05, 0) is 56.6 Å². The lowest BCUT2D eigenvalue weighted by atomic mass is 10.00. The van der Waals surface area contributed by atoms with Gasteiger partial charge in [-0.15, -0.1) is 11.3 Å². The molecule has 6 heteroatoms. The smallest absolute Gasteiger partial charge is 0.320 e. The molecule has 3 aliphatic rings. The number of piperidine rings is 1. The number of carbonyl (C=O) groups is 2. The molecule has 0 spiro atoms. The number of aryl methyl sites for hydroxylation is 2. The van der Waals surface area contributed by atoms with Gasteiger partial charge >= 0.3 is 6.03 Å². The standard InChI is InChI=1S/C21H31N3O2S/c25-20(19-16-17-8-4-1-2-5-9-18(17)27-19)22-12-14-24(15-13-22)21(26)23-10-6-3-7-11-23/h16H,1-15H2. The number of rotatable bonds is 1. The summed E-state index contributed by atoms with van der Waals surface area (Å²) >= 11 is 1.71. The Morgan fingerprint density at radius 3 is 2.04 bits per heavy atom. The Morgan fingerprint density at radius 2 is 1.30 bits per heavy atom. The van der Waals surface area contributed by atoms with E-state index in [1.165, 1.54) is 42.5 Å². The number of hydrogen-bond acceptors (Lipinski definition) is 3. The number of piperazine rings is 1. The van der Waals surface area contributed by atoms with Gasteiger partial charge in [0.2, 0.25) is 0 Å². The fourth-order valence-electron chi connectivity index (χ4n) is 4.49. The maximum Gasteiger partial charge on any atom is 0.320 e. The number of amides is 3. The lowest BCUT2D eigenvalue weighted by molar-refractivity contribution is 0.0637. The SMILES string of the molecule is O=C(c1cc2c(s1)CCCCCC2)N1CCN(C(=O)N2CCCCC2)CC1. The van der Waals surface area contributed by atoms with Crippen molar-refractivity contribution in [2.45, 2.75) is 57.8 Å². The van der Waals surface area contributed by atoms with Crippen LogP contribution in [0.5, 0.6) is 0 Å². The van der Waals surface area contributed by atoms with Crippen LogP contribution in [0.4, 0.5) is 4.79 Å². The zero-order valence-electron chi connectivity index (χ0n) is 16.3. The molecule has 2 aliphatic heterocycles. The van der Waals surface area contributed by atoms with E-state index in [0.29, 0.717) is 26.2 Å². The molecule has 0 N–H and O–H groups in total. The van der Waals surface area contributed by atoms with Gasteiger partial charge in [0, 0.05) is 44.1 Å². The second-order valence-electron chi connectivity index (χ2n) is 8.08. The second-order valence-corrected chi connectivity index (χ2v) is 9.22. The van der Waals surface area contributed by atoms with Gasteiger partial charge in [-0.2, -0.15) is 0 Å². The van der Waals surface area contributed by atoms with Crippen molar-refractivity contribution in [2.24, 2.45) is 0 Å². The lowest BCUT2D eigenvalue weighted by Gasteiger charge is -2.38. The minimum Gasteiger partial charge on any atom is -0.334 e. The van der Waals surface area contributed by atoms with Gasteiger partial charge in [0.25, 0.3) is 5.91 Å². The topological polar surface area (TPSA) is 43.9 Å². The molecule has 0 aromatic carbocycles. The molecule has 3 heterocycles. The molecule has 1 aromatic heterocycles. The largest absolute Gasteiger partial charge is 0.334 e. The summed E-state index contributed by atoms with van der Waals surface area (Å²) in [6, 6.07) is 2.32. The van der Waals surface area contributed by atoms with Gasteiger partial charge in [0.05, 0.1) is 4.88 Å². The maximum atomic E-state index is 13.0. The minimum atomic E-state index is 0.164. The summed E-state index contributed by atoms with van der Waals surface area (Å²) < 4.78 is 0. The number of carbonyl (C=O) groups excluding carboxylic acids is 2. The van der Waals surface area contributed by atoms with Gasteiger partial charge in [0.1, 0.15) is 0 Å². The van der Waals surface area contributed by atoms with Crippen molar-refractivity contribution >= 4 is 23.3 Å². The lowest BCUT2D eigenvalue weighted by Crippen LogP contribution is -2.54. The minimum absolute atomic E-state index is 0.164. The predicted molar refractivity (Wildman–Crippen MR) is 108 cm³/mol. The van der Waals surface area contributed by atoms with E-state index in [1.54, 1.807) is 11.3 Å². The van der Waals surface area contributed by atoms with E-state index in [-0.39, 0.29) is 11.9 Å². The highest BCUT2D eigenvalue weighted by atomic mass is 32.1. The molecule has 4 rings (SSSR count). The predicted octanol–water partition coefficient (Wildman–Crippen LogP) is 3.77. The third-order valence-electron chi connectivity index (χ3n) is 6.17. The highest BCUT2D eigenvalue weighted by Gasteiger charge is 2.29. The molecule has 27 heavy (non-hydrogen) atoms. The fourth-order valence-corrected chi connectivity index (χ4v) is 5.71. The Morgan fingerprint density at radius 1 is 0.704 bits per heavy atom. The first-order chi connectivity index (χ1) is 13.2. The molecule has 3 amide bonds. The van der Waals surface area contributed by atoms with Crippen LogP contribution in [0.15, 0.2) is 6.07 Å². The highest BCUT2D eigenvalue weighted by molar-refractivity contribution is 7.14. The second kappa shape index (κ2) is 8.63. The monoisotopic (exact) mass is 389 g/mol. The molecule has 1 aliphatic carbocycles. The number of hydrogen-bond donors (Lipinski definition) is 0.